The van der Waals surface area contributed by atoms with Crippen LogP contribution in [0.2, 0.25) is 0 Å². The van der Waals surface area contributed by atoms with Gasteiger partial charge in [0.25, 0.3) is 0 Å². The van der Waals surface area contributed by atoms with Gasteiger partial charge < -0.3 is 10.1 Å². The number of hydrogen-bond donors (Lipinski definition) is 1. The molecule has 21 heavy (non-hydrogen) atoms. The number of carbonyl (C=O) groups excluding carboxylic acids is 1. The number of fused-ring (bicyclic) bond motifs is 5. The lowest BCUT2D eigenvalue weighted by Crippen LogP contribution is -2.37. The van der Waals surface area contributed by atoms with Crippen LogP contribution in [-0.2, 0) is 16.1 Å². The molecule has 0 aliphatic carbocycles. The number of hydrogen-bond acceptors (Lipinski definition) is 4. The van der Waals surface area contributed by atoms with Crippen LogP contribution in [-0.4, -0.2) is 47.6 Å². The molecule has 3 fully saturated rings. The molecular formula is C16H21N3O2. The molecule has 3 aliphatic heterocycles. The topological polar surface area (TPSA) is 54.5 Å². The summed E-state index contributed by atoms with van der Waals surface area (Å²) in [5, 5.41) is 2.98. The van der Waals surface area contributed by atoms with Gasteiger partial charge in [0, 0.05) is 43.9 Å². The second-order valence-electron chi connectivity index (χ2n) is 6.45. The first-order valence-electron chi connectivity index (χ1n) is 7.83. The maximum absolute atomic E-state index is 12.1. The Balaban J connectivity index is 1.26. The molecule has 2 bridgehead atoms. The third-order valence-electron chi connectivity index (χ3n) is 5.11. The van der Waals surface area contributed by atoms with Crippen molar-refractivity contribution in [2.75, 3.05) is 19.6 Å². The van der Waals surface area contributed by atoms with Gasteiger partial charge in [-0.05, 0) is 24.5 Å². The fourth-order valence-electron chi connectivity index (χ4n) is 4.14. The zero-order valence-corrected chi connectivity index (χ0v) is 12.1. The summed E-state index contributed by atoms with van der Waals surface area (Å²) in [5.74, 6) is 1.43. The van der Waals surface area contributed by atoms with Gasteiger partial charge in [0.15, 0.2) is 0 Å². The van der Waals surface area contributed by atoms with Gasteiger partial charge in [-0.2, -0.15) is 0 Å². The van der Waals surface area contributed by atoms with E-state index in [1.165, 1.54) is 12.8 Å². The molecule has 4 heterocycles. The van der Waals surface area contributed by atoms with E-state index < -0.39 is 0 Å². The van der Waals surface area contributed by atoms with Crippen LogP contribution in [0, 0.1) is 11.8 Å². The Morgan fingerprint density at radius 2 is 2.10 bits per heavy atom. The van der Waals surface area contributed by atoms with E-state index in [0.717, 1.165) is 18.7 Å². The van der Waals surface area contributed by atoms with Crippen LogP contribution < -0.4 is 5.32 Å². The van der Waals surface area contributed by atoms with E-state index in [-0.39, 0.29) is 5.91 Å². The van der Waals surface area contributed by atoms with Crippen molar-refractivity contribution in [1.29, 1.82) is 0 Å². The molecular weight excluding hydrogens is 266 g/mol. The standard InChI is InChI=1S/C16H21N3O2/c20-16(18-7-11-2-1-5-17-6-11)10-19-8-12-13(9-19)15-4-3-14(12)21-15/h1-2,5-6,12-15H,3-4,7-10H2,(H,18,20). The first-order chi connectivity index (χ1) is 10.3. The van der Waals surface area contributed by atoms with Crippen molar-refractivity contribution in [3.05, 3.63) is 30.1 Å². The number of likely N-dealkylation sites (tertiary alicyclic amines) is 1. The SMILES string of the molecule is O=C(CN1CC2C3CCC(O3)C2C1)NCc1cccnc1. The van der Waals surface area contributed by atoms with Gasteiger partial charge >= 0.3 is 0 Å². The minimum absolute atomic E-state index is 0.104. The number of carbonyl (C=O) groups is 1. The van der Waals surface area contributed by atoms with Crippen LogP contribution >= 0.6 is 0 Å². The minimum Gasteiger partial charge on any atom is -0.374 e. The normalized spacial score (nSPS) is 34.1. The lowest BCUT2D eigenvalue weighted by atomic mass is 9.82. The predicted octanol–water partition coefficient (Wildman–Crippen LogP) is 0.807. The fraction of sp³-hybridized carbons (Fsp3) is 0.625. The first kappa shape index (κ1) is 13.2. The molecule has 0 spiro atoms. The third-order valence-corrected chi connectivity index (χ3v) is 5.11. The summed E-state index contributed by atoms with van der Waals surface area (Å²) in [6.07, 6.45) is 6.88. The number of nitrogens with zero attached hydrogens (tertiary/aromatic N) is 2. The van der Waals surface area contributed by atoms with Gasteiger partial charge in [-0.25, -0.2) is 0 Å². The highest BCUT2D eigenvalue weighted by Gasteiger charge is 2.52. The van der Waals surface area contributed by atoms with Crippen LogP contribution in [0.25, 0.3) is 0 Å². The second kappa shape index (κ2) is 5.39. The fourth-order valence-corrected chi connectivity index (χ4v) is 4.14. The van der Waals surface area contributed by atoms with Crippen LogP contribution in [0.4, 0.5) is 0 Å². The molecule has 0 aromatic carbocycles. The number of aromatic nitrogens is 1. The predicted molar refractivity (Wildman–Crippen MR) is 77.4 cm³/mol. The molecule has 5 nitrogen and oxygen atoms in total. The maximum Gasteiger partial charge on any atom is 0.234 e. The van der Waals surface area contributed by atoms with Crippen LogP contribution in [0.3, 0.4) is 0 Å². The molecule has 0 saturated carbocycles. The van der Waals surface area contributed by atoms with Crippen molar-refractivity contribution >= 4 is 5.91 Å². The molecule has 1 N–H and O–H groups in total. The Morgan fingerprint density at radius 1 is 1.33 bits per heavy atom. The number of amides is 1. The lowest BCUT2D eigenvalue weighted by Gasteiger charge is -2.18. The van der Waals surface area contributed by atoms with E-state index in [1.807, 2.05) is 12.1 Å². The largest absolute Gasteiger partial charge is 0.374 e. The van der Waals surface area contributed by atoms with Gasteiger partial charge in [-0.3, -0.25) is 14.7 Å². The summed E-state index contributed by atoms with van der Waals surface area (Å²) in [5.41, 5.74) is 1.04. The average Bonchev–Trinajstić information content (AvgIpc) is 3.18. The van der Waals surface area contributed by atoms with Crippen LogP contribution in [0.15, 0.2) is 24.5 Å². The Labute approximate surface area is 124 Å². The summed E-state index contributed by atoms with van der Waals surface area (Å²) >= 11 is 0. The first-order valence-corrected chi connectivity index (χ1v) is 7.83. The molecule has 1 amide bonds. The van der Waals surface area contributed by atoms with Gasteiger partial charge in [-0.15, -0.1) is 0 Å². The smallest absolute Gasteiger partial charge is 0.234 e. The van der Waals surface area contributed by atoms with E-state index in [2.05, 4.69) is 15.2 Å². The van der Waals surface area contributed by atoms with E-state index in [1.54, 1.807) is 12.4 Å². The number of rotatable bonds is 4. The van der Waals surface area contributed by atoms with Crippen LogP contribution in [0.1, 0.15) is 18.4 Å². The van der Waals surface area contributed by atoms with Crippen molar-refractivity contribution in [3.63, 3.8) is 0 Å². The molecule has 1 aromatic heterocycles. The van der Waals surface area contributed by atoms with E-state index in [4.69, 9.17) is 4.74 Å². The average molecular weight is 287 g/mol. The summed E-state index contributed by atoms with van der Waals surface area (Å²) in [4.78, 5) is 18.4. The summed E-state index contributed by atoms with van der Waals surface area (Å²) in [6.45, 7) is 3.10. The third kappa shape index (κ3) is 2.56. The summed E-state index contributed by atoms with van der Waals surface area (Å²) in [6, 6.07) is 3.86. The number of nitrogens with one attached hydrogen (secondary N) is 1. The summed E-state index contributed by atoms with van der Waals surface area (Å²) in [7, 11) is 0. The summed E-state index contributed by atoms with van der Waals surface area (Å²) < 4.78 is 5.96. The molecule has 5 heteroatoms. The van der Waals surface area contributed by atoms with E-state index >= 15 is 0 Å². The quantitative estimate of drug-likeness (QED) is 0.890. The molecule has 0 radical (unpaired) electrons. The van der Waals surface area contributed by atoms with Gasteiger partial charge in [0.1, 0.15) is 0 Å². The van der Waals surface area contributed by atoms with E-state index in [0.29, 0.717) is 37.1 Å². The molecule has 4 unspecified atom stereocenters. The molecule has 112 valence electrons. The van der Waals surface area contributed by atoms with Crippen molar-refractivity contribution in [2.24, 2.45) is 11.8 Å². The Hall–Kier alpha value is -1.46. The zero-order chi connectivity index (χ0) is 14.2. The second-order valence-corrected chi connectivity index (χ2v) is 6.45. The van der Waals surface area contributed by atoms with Crippen molar-refractivity contribution < 1.29 is 9.53 Å². The molecule has 4 rings (SSSR count). The molecule has 4 atom stereocenters. The zero-order valence-electron chi connectivity index (χ0n) is 12.1. The van der Waals surface area contributed by atoms with Crippen molar-refractivity contribution in [2.45, 2.75) is 31.6 Å². The monoisotopic (exact) mass is 287 g/mol. The Kier molecular flexibility index (Phi) is 3.39. The number of ether oxygens (including phenoxy) is 1. The van der Waals surface area contributed by atoms with Crippen LogP contribution in [0.5, 0.6) is 0 Å². The Bertz CT molecular complexity index is 504. The number of pyridine rings is 1. The van der Waals surface area contributed by atoms with Crippen molar-refractivity contribution in [1.82, 2.24) is 15.2 Å². The van der Waals surface area contributed by atoms with Gasteiger partial charge in [-0.1, -0.05) is 6.07 Å². The van der Waals surface area contributed by atoms with E-state index in [9.17, 15) is 4.79 Å². The molecule has 1 aromatic rings. The minimum atomic E-state index is 0.104. The molecule has 3 saturated heterocycles. The highest BCUT2D eigenvalue weighted by Crippen LogP contribution is 2.46. The highest BCUT2D eigenvalue weighted by atomic mass is 16.5. The van der Waals surface area contributed by atoms with Gasteiger partial charge in [0.05, 0.1) is 18.8 Å². The van der Waals surface area contributed by atoms with Crippen molar-refractivity contribution in [3.8, 4) is 0 Å². The highest BCUT2D eigenvalue weighted by molar-refractivity contribution is 5.78. The van der Waals surface area contributed by atoms with Gasteiger partial charge in [0.2, 0.25) is 5.91 Å². The maximum atomic E-state index is 12.1. The Morgan fingerprint density at radius 3 is 2.76 bits per heavy atom. The lowest BCUT2D eigenvalue weighted by molar-refractivity contribution is -0.122. The molecule has 3 aliphatic rings.